The van der Waals surface area contributed by atoms with Crippen LogP contribution in [0.3, 0.4) is 0 Å². The first-order valence-electron chi connectivity index (χ1n) is 8.10. The Balaban J connectivity index is 1.26. The highest BCUT2D eigenvalue weighted by atomic mass is 32.2. The zero-order valence-electron chi connectivity index (χ0n) is 14.0. The zero-order valence-corrected chi connectivity index (χ0v) is 14.8. The van der Waals surface area contributed by atoms with Gasteiger partial charge in [-0.15, -0.1) is 10.2 Å². The second-order valence-corrected chi connectivity index (χ2v) is 6.54. The van der Waals surface area contributed by atoms with Crippen LogP contribution in [0.4, 0.5) is 0 Å². The first-order chi connectivity index (χ1) is 13.2. The van der Waals surface area contributed by atoms with Crippen LogP contribution in [0.15, 0.2) is 53.8 Å². The highest BCUT2D eigenvalue weighted by Gasteiger charge is 2.27. The molecule has 0 aliphatic carbocycles. The van der Waals surface area contributed by atoms with Gasteiger partial charge in [0.1, 0.15) is 6.61 Å². The number of aromatic nitrogens is 3. The van der Waals surface area contributed by atoms with Crippen molar-refractivity contribution in [3.63, 3.8) is 0 Å². The number of nitrogens with one attached hydrogen (secondary N) is 2. The first-order valence-corrected chi connectivity index (χ1v) is 9.09. The highest BCUT2D eigenvalue weighted by Crippen LogP contribution is 2.30. The van der Waals surface area contributed by atoms with E-state index in [0.29, 0.717) is 22.3 Å². The van der Waals surface area contributed by atoms with Gasteiger partial charge in [-0.1, -0.05) is 30.0 Å². The van der Waals surface area contributed by atoms with Gasteiger partial charge in [-0.25, -0.2) is 0 Å². The lowest BCUT2D eigenvalue weighted by Gasteiger charge is -2.25. The number of hydrazine groups is 1. The van der Waals surface area contributed by atoms with Crippen LogP contribution in [0.5, 0.6) is 11.5 Å². The molecule has 1 aromatic carbocycles. The zero-order chi connectivity index (χ0) is 18.6. The van der Waals surface area contributed by atoms with Gasteiger partial charge in [0.05, 0.1) is 5.75 Å². The summed E-state index contributed by atoms with van der Waals surface area (Å²) in [5.41, 5.74) is 5.41. The van der Waals surface area contributed by atoms with E-state index in [1.54, 1.807) is 22.6 Å². The van der Waals surface area contributed by atoms with E-state index in [-0.39, 0.29) is 18.3 Å². The summed E-state index contributed by atoms with van der Waals surface area (Å²) in [5, 5.41) is 8.63. The summed E-state index contributed by atoms with van der Waals surface area (Å²) in [6, 6.07) is 12.6. The van der Waals surface area contributed by atoms with E-state index in [0.717, 1.165) is 0 Å². The molecule has 2 aromatic heterocycles. The molecule has 1 atom stereocenters. The Morgan fingerprint density at radius 1 is 1.11 bits per heavy atom. The summed E-state index contributed by atoms with van der Waals surface area (Å²) < 4.78 is 12.8. The number of amides is 2. The van der Waals surface area contributed by atoms with E-state index in [9.17, 15) is 9.59 Å². The molecule has 0 saturated heterocycles. The number of hydrogen-bond donors (Lipinski definition) is 2. The molecule has 2 amide bonds. The van der Waals surface area contributed by atoms with Crippen LogP contribution in [-0.4, -0.2) is 44.9 Å². The Labute approximate surface area is 158 Å². The Morgan fingerprint density at radius 2 is 1.93 bits per heavy atom. The van der Waals surface area contributed by atoms with E-state index in [1.165, 1.54) is 11.8 Å². The smallest absolute Gasteiger partial charge is 0.283 e. The minimum absolute atomic E-state index is 0.0687. The average molecular weight is 385 g/mol. The van der Waals surface area contributed by atoms with Crippen molar-refractivity contribution in [2.24, 2.45) is 0 Å². The molecule has 1 aliphatic rings. The van der Waals surface area contributed by atoms with E-state index >= 15 is 0 Å². The molecular formula is C17H15N5O4S. The van der Waals surface area contributed by atoms with Gasteiger partial charge in [-0.2, -0.15) is 0 Å². The number of para-hydroxylation sites is 2. The summed E-state index contributed by atoms with van der Waals surface area (Å²) in [5.74, 6) is 0.279. The Hall–Kier alpha value is -3.27. The van der Waals surface area contributed by atoms with Crippen molar-refractivity contribution in [2.75, 3.05) is 12.4 Å². The number of nitrogens with zero attached hydrogens (tertiary/aromatic N) is 3. The standard InChI is InChI=1S/C17H15N5O4S/c23-15(10-27-17-21-18-14-7-3-4-8-22(14)17)19-20-16(24)13-9-25-11-5-1-2-6-12(11)26-13/h1-8,13H,9-10H2,(H,19,23)(H,20,24)/t13-/m0/s1. The lowest BCUT2D eigenvalue weighted by molar-refractivity contribution is -0.134. The van der Waals surface area contributed by atoms with Crippen molar-refractivity contribution in [3.05, 3.63) is 48.7 Å². The van der Waals surface area contributed by atoms with Crippen molar-refractivity contribution in [1.82, 2.24) is 25.4 Å². The molecule has 10 heteroatoms. The van der Waals surface area contributed by atoms with Gasteiger partial charge in [0.2, 0.25) is 12.0 Å². The molecule has 138 valence electrons. The Morgan fingerprint density at radius 3 is 2.81 bits per heavy atom. The largest absolute Gasteiger partial charge is 0.485 e. The second-order valence-electron chi connectivity index (χ2n) is 5.60. The van der Waals surface area contributed by atoms with Crippen molar-refractivity contribution >= 4 is 29.2 Å². The minimum Gasteiger partial charge on any atom is -0.485 e. The van der Waals surface area contributed by atoms with Crippen LogP contribution in [0, 0.1) is 0 Å². The predicted octanol–water partition coefficient (Wildman–Crippen LogP) is 0.809. The average Bonchev–Trinajstić information content (AvgIpc) is 3.13. The number of rotatable bonds is 4. The van der Waals surface area contributed by atoms with Crippen LogP contribution < -0.4 is 20.3 Å². The number of carbonyl (C=O) groups is 2. The molecule has 4 rings (SSSR count). The highest BCUT2D eigenvalue weighted by molar-refractivity contribution is 7.99. The fourth-order valence-electron chi connectivity index (χ4n) is 2.44. The molecule has 27 heavy (non-hydrogen) atoms. The van der Waals surface area contributed by atoms with Gasteiger partial charge >= 0.3 is 0 Å². The number of thioether (sulfide) groups is 1. The maximum Gasteiger partial charge on any atom is 0.283 e. The van der Waals surface area contributed by atoms with Crippen LogP contribution >= 0.6 is 11.8 Å². The van der Waals surface area contributed by atoms with Crippen LogP contribution in [0.25, 0.3) is 5.65 Å². The van der Waals surface area contributed by atoms with Gasteiger partial charge in [-0.3, -0.25) is 24.8 Å². The molecular weight excluding hydrogens is 370 g/mol. The minimum atomic E-state index is -0.840. The molecule has 9 nitrogen and oxygen atoms in total. The Kier molecular flexibility index (Phi) is 4.79. The molecule has 0 radical (unpaired) electrons. The van der Waals surface area contributed by atoms with Crippen molar-refractivity contribution in [3.8, 4) is 11.5 Å². The molecule has 3 heterocycles. The van der Waals surface area contributed by atoms with Gasteiger partial charge in [0, 0.05) is 6.20 Å². The van der Waals surface area contributed by atoms with E-state index in [1.807, 2.05) is 30.5 Å². The third-order valence-corrected chi connectivity index (χ3v) is 4.68. The monoisotopic (exact) mass is 385 g/mol. The summed E-state index contributed by atoms with van der Waals surface area (Å²) in [6.45, 7) is 0.0687. The molecule has 0 fully saturated rings. The predicted molar refractivity (Wildman–Crippen MR) is 96.3 cm³/mol. The SMILES string of the molecule is O=C(CSc1nnc2ccccn12)NNC(=O)[C@@H]1COc2ccccc2O1. The number of pyridine rings is 1. The molecule has 0 unspecified atom stereocenters. The molecule has 0 saturated carbocycles. The summed E-state index contributed by atoms with van der Waals surface area (Å²) in [7, 11) is 0. The number of fused-ring (bicyclic) bond motifs is 2. The second kappa shape index (κ2) is 7.54. The number of ether oxygens (including phenoxy) is 2. The summed E-state index contributed by atoms with van der Waals surface area (Å²) >= 11 is 1.21. The lowest BCUT2D eigenvalue weighted by atomic mass is 10.2. The molecule has 2 N–H and O–H groups in total. The molecule has 0 bridgehead atoms. The topological polar surface area (TPSA) is 107 Å². The van der Waals surface area contributed by atoms with Gasteiger partial charge in [-0.05, 0) is 24.3 Å². The Bertz CT molecular complexity index is 992. The quantitative estimate of drug-likeness (QED) is 0.505. The van der Waals surface area contributed by atoms with Crippen molar-refractivity contribution in [1.29, 1.82) is 0 Å². The van der Waals surface area contributed by atoms with Crippen LogP contribution in [-0.2, 0) is 9.59 Å². The number of benzene rings is 1. The third kappa shape index (κ3) is 3.80. The third-order valence-electron chi connectivity index (χ3n) is 3.74. The van der Waals surface area contributed by atoms with Crippen molar-refractivity contribution in [2.45, 2.75) is 11.3 Å². The fraction of sp³-hybridized carbons (Fsp3) is 0.176. The van der Waals surface area contributed by atoms with Crippen LogP contribution in [0.2, 0.25) is 0 Å². The van der Waals surface area contributed by atoms with Crippen molar-refractivity contribution < 1.29 is 19.1 Å². The van der Waals surface area contributed by atoms with E-state index < -0.39 is 12.0 Å². The first kappa shape index (κ1) is 17.2. The van der Waals surface area contributed by atoms with Crippen LogP contribution in [0.1, 0.15) is 0 Å². The maximum absolute atomic E-state index is 12.2. The van der Waals surface area contributed by atoms with E-state index in [2.05, 4.69) is 21.0 Å². The normalized spacial score (nSPS) is 15.3. The number of carbonyl (C=O) groups excluding carboxylic acids is 2. The molecule has 0 spiro atoms. The summed E-state index contributed by atoms with van der Waals surface area (Å²) in [6.07, 6.45) is 0.976. The van der Waals surface area contributed by atoms with E-state index in [4.69, 9.17) is 9.47 Å². The van der Waals surface area contributed by atoms with Gasteiger partial charge in [0.15, 0.2) is 22.3 Å². The fourth-order valence-corrected chi connectivity index (χ4v) is 3.17. The van der Waals surface area contributed by atoms with Gasteiger partial charge < -0.3 is 9.47 Å². The number of hydrogen-bond acceptors (Lipinski definition) is 7. The molecule has 1 aliphatic heterocycles. The van der Waals surface area contributed by atoms with Gasteiger partial charge in [0.25, 0.3) is 5.91 Å². The molecule has 3 aromatic rings. The maximum atomic E-state index is 12.2. The summed E-state index contributed by atoms with van der Waals surface area (Å²) in [4.78, 5) is 24.1. The lowest BCUT2D eigenvalue weighted by Crippen LogP contribution is -2.51.